The number of hydrogen-bond acceptors (Lipinski definition) is 4. The number of hydrogen-bond donors (Lipinski definition) is 1. The van der Waals surface area contributed by atoms with Gasteiger partial charge in [0.25, 0.3) is 0 Å². The molecule has 17 heavy (non-hydrogen) atoms. The zero-order chi connectivity index (χ0) is 12.5. The largest absolute Gasteiger partial charge is 0.465 e. The predicted octanol–water partition coefficient (Wildman–Crippen LogP) is 1.63. The van der Waals surface area contributed by atoms with E-state index in [0.717, 1.165) is 0 Å². The molecule has 0 radical (unpaired) electrons. The van der Waals surface area contributed by atoms with Crippen LogP contribution < -0.4 is 5.32 Å². The van der Waals surface area contributed by atoms with Crippen molar-refractivity contribution in [2.45, 2.75) is 63.6 Å². The van der Waals surface area contributed by atoms with Crippen molar-refractivity contribution in [2.24, 2.45) is 0 Å². The van der Waals surface area contributed by atoms with Crippen LogP contribution in [0.4, 0.5) is 0 Å². The molecule has 0 aromatic carbocycles. The molecule has 98 valence electrons. The predicted molar refractivity (Wildman–Crippen MR) is 64.8 cm³/mol. The number of carbonyl (C=O) groups excluding carboxylic acids is 1. The zero-order valence-electron chi connectivity index (χ0n) is 11.0. The van der Waals surface area contributed by atoms with Crippen LogP contribution in [0, 0.1) is 0 Å². The van der Waals surface area contributed by atoms with Gasteiger partial charge in [-0.1, -0.05) is 0 Å². The molecule has 2 aliphatic rings. The molecule has 1 saturated heterocycles. The Morgan fingerprint density at radius 2 is 2.18 bits per heavy atom. The van der Waals surface area contributed by atoms with Gasteiger partial charge in [0.2, 0.25) is 0 Å². The molecular weight excluding hydrogens is 218 g/mol. The Bertz CT molecular complexity index is 299. The van der Waals surface area contributed by atoms with Crippen LogP contribution >= 0.6 is 0 Å². The van der Waals surface area contributed by atoms with E-state index in [-0.39, 0.29) is 11.6 Å². The maximum atomic E-state index is 12.2. The number of ether oxygens (including phenoxy) is 2. The normalized spacial score (nSPS) is 32.2. The van der Waals surface area contributed by atoms with Gasteiger partial charge in [0, 0.05) is 19.1 Å². The molecule has 1 aliphatic heterocycles. The fraction of sp³-hybridized carbons (Fsp3) is 0.923. The summed E-state index contributed by atoms with van der Waals surface area (Å²) < 4.78 is 11.0. The standard InChI is InChI=1S/C13H23NO3/c1-4-16-11(15)13(14-10-5-6-10)7-8-17-12(2,3)9-13/h10,14H,4-9H2,1-3H3. The molecule has 1 atom stereocenters. The molecule has 1 aliphatic carbocycles. The molecule has 1 heterocycles. The minimum atomic E-state index is -0.529. The Hall–Kier alpha value is -0.610. The highest BCUT2D eigenvalue weighted by molar-refractivity contribution is 5.81. The second-order valence-electron chi connectivity index (χ2n) is 5.76. The van der Waals surface area contributed by atoms with Gasteiger partial charge in [-0.25, -0.2) is 0 Å². The third kappa shape index (κ3) is 2.99. The lowest BCUT2D eigenvalue weighted by Gasteiger charge is -2.43. The average Bonchev–Trinajstić information content (AvgIpc) is 3.00. The quantitative estimate of drug-likeness (QED) is 0.760. The van der Waals surface area contributed by atoms with Crippen LogP contribution in [0.25, 0.3) is 0 Å². The van der Waals surface area contributed by atoms with Crippen LogP contribution in [-0.4, -0.2) is 36.4 Å². The van der Waals surface area contributed by atoms with Crippen molar-refractivity contribution in [1.82, 2.24) is 5.32 Å². The first-order valence-electron chi connectivity index (χ1n) is 6.56. The summed E-state index contributed by atoms with van der Waals surface area (Å²) in [5, 5.41) is 3.49. The summed E-state index contributed by atoms with van der Waals surface area (Å²) >= 11 is 0. The van der Waals surface area contributed by atoms with E-state index in [1.54, 1.807) is 0 Å². The van der Waals surface area contributed by atoms with E-state index in [9.17, 15) is 4.79 Å². The Morgan fingerprint density at radius 3 is 2.71 bits per heavy atom. The molecule has 0 bridgehead atoms. The first kappa shape index (κ1) is 12.8. The minimum Gasteiger partial charge on any atom is -0.465 e. The molecule has 4 nitrogen and oxygen atoms in total. The van der Waals surface area contributed by atoms with E-state index in [1.807, 2.05) is 20.8 Å². The molecular formula is C13H23NO3. The number of esters is 1. The average molecular weight is 241 g/mol. The lowest BCUT2D eigenvalue weighted by atomic mass is 9.81. The summed E-state index contributed by atoms with van der Waals surface area (Å²) in [6.45, 7) is 6.98. The molecule has 0 spiro atoms. The van der Waals surface area contributed by atoms with Gasteiger partial charge in [-0.05, 0) is 40.0 Å². The van der Waals surface area contributed by atoms with Gasteiger partial charge < -0.3 is 9.47 Å². The first-order chi connectivity index (χ1) is 7.97. The number of carbonyl (C=O) groups is 1. The van der Waals surface area contributed by atoms with Crippen molar-refractivity contribution in [2.75, 3.05) is 13.2 Å². The van der Waals surface area contributed by atoms with Crippen molar-refractivity contribution in [3.05, 3.63) is 0 Å². The lowest BCUT2D eigenvalue weighted by molar-refractivity contribution is -0.164. The highest BCUT2D eigenvalue weighted by Crippen LogP contribution is 2.36. The van der Waals surface area contributed by atoms with E-state index in [2.05, 4.69) is 5.32 Å². The maximum absolute atomic E-state index is 12.2. The van der Waals surface area contributed by atoms with Gasteiger partial charge in [0.1, 0.15) is 5.54 Å². The van der Waals surface area contributed by atoms with Crippen molar-refractivity contribution in [1.29, 1.82) is 0 Å². The summed E-state index contributed by atoms with van der Waals surface area (Å²) in [5.74, 6) is -0.108. The lowest BCUT2D eigenvalue weighted by Crippen LogP contribution is -2.60. The summed E-state index contributed by atoms with van der Waals surface area (Å²) in [5.41, 5.74) is -0.786. The van der Waals surface area contributed by atoms with Crippen LogP contribution in [0.15, 0.2) is 0 Å². The third-order valence-electron chi connectivity index (χ3n) is 3.47. The topological polar surface area (TPSA) is 47.6 Å². The highest BCUT2D eigenvalue weighted by atomic mass is 16.5. The van der Waals surface area contributed by atoms with Gasteiger partial charge >= 0.3 is 5.97 Å². The fourth-order valence-electron chi connectivity index (χ4n) is 2.61. The zero-order valence-corrected chi connectivity index (χ0v) is 11.0. The van der Waals surface area contributed by atoms with E-state index < -0.39 is 5.54 Å². The van der Waals surface area contributed by atoms with E-state index >= 15 is 0 Å². The van der Waals surface area contributed by atoms with Crippen LogP contribution in [0.5, 0.6) is 0 Å². The van der Waals surface area contributed by atoms with Gasteiger partial charge in [0.05, 0.1) is 12.2 Å². The Morgan fingerprint density at radius 1 is 1.47 bits per heavy atom. The van der Waals surface area contributed by atoms with Crippen LogP contribution in [0.2, 0.25) is 0 Å². The van der Waals surface area contributed by atoms with Gasteiger partial charge in [0.15, 0.2) is 0 Å². The Labute approximate surface area is 103 Å². The monoisotopic (exact) mass is 241 g/mol. The molecule has 1 N–H and O–H groups in total. The van der Waals surface area contributed by atoms with Crippen LogP contribution in [-0.2, 0) is 14.3 Å². The van der Waals surface area contributed by atoms with E-state index in [1.165, 1.54) is 12.8 Å². The van der Waals surface area contributed by atoms with E-state index in [4.69, 9.17) is 9.47 Å². The summed E-state index contributed by atoms with van der Waals surface area (Å²) in [7, 11) is 0. The van der Waals surface area contributed by atoms with Crippen LogP contribution in [0.1, 0.15) is 46.5 Å². The molecule has 0 aromatic heterocycles. The third-order valence-corrected chi connectivity index (χ3v) is 3.47. The molecule has 4 heteroatoms. The SMILES string of the molecule is CCOC(=O)C1(NC2CC2)CCOC(C)(C)C1. The maximum Gasteiger partial charge on any atom is 0.326 e. The fourth-order valence-corrected chi connectivity index (χ4v) is 2.61. The van der Waals surface area contributed by atoms with Gasteiger partial charge in [-0.15, -0.1) is 0 Å². The Kier molecular flexibility index (Phi) is 3.46. The molecule has 1 unspecified atom stereocenters. The van der Waals surface area contributed by atoms with E-state index in [0.29, 0.717) is 32.1 Å². The molecule has 0 amide bonds. The highest BCUT2D eigenvalue weighted by Gasteiger charge is 2.49. The second kappa shape index (κ2) is 4.58. The number of nitrogens with one attached hydrogen (secondary N) is 1. The van der Waals surface area contributed by atoms with Gasteiger partial charge in [-0.3, -0.25) is 10.1 Å². The van der Waals surface area contributed by atoms with Crippen LogP contribution in [0.3, 0.4) is 0 Å². The first-order valence-corrected chi connectivity index (χ1v) is 6.56. The van der Waals surface area contributed by atoms with Gasteiger partial charge in [-0.2, -0.15) is 0 Å². The van der Waals surface area contributed by atoms with Crippen molar-refractivity contribution in [3.63, 3.8) is 0 Å². The number of rotatable bonds is 4. The summed E-state index contributed by atoms with van der Waals surface area (Å²) in [4.78, 5) is 12.2. The molecule has 1 saturated carbocycles. The Balaban J connectivity index is 2.12. The minimum absolute atomic E-state index is 0.108. The van der Waals surface area contributed by atoms with Crippen molar-refractivity contribution >= 4 is 5.97 Å². The molecule has 0 aromatic rings. The summed E-state index contributed by atoms with van der Waals surface area (Å²) in [6, 6.07) is 0.494. The molecule has 2 fully saturated rings. The van der Waals surface area contributed by atoms with Crippen molar-refractivity contribution in [3.8, 4) is 0 Å². The summed E-state index contributed by atoms with van der Waals surface area (Å²) in [6.07, 6.45) is 3.74. The van der Waals surface area contributed by atoms with Crippen molar-refractivity contribution < 1.29 is 14.3 Å². The smallest absolute Gasteiger partial charge is 0.326 e. The molecule has 2 rings (SSSR count). The second-order valence-corrected chi connectivity index (χ2v) is 5.76.